The average molecular weight is 296 g/mol. The molecule has 0 spiro atoms. The highest BCUT2D eigenvalue weighted by Gasteiger charge is 2.14. The van der Waals surface area contributed by atoms with E-state index in [2.05, 4.69) is 5.32 Å². The lowest BCUT2D eigenvalue weighted by Crippen LogP contribution is -2.10. The number of hydrogen-bond acceptors (Lipinski definition) is 3. The van der Waals surface area contributed by atoms with E-state index in [4.69, 9.17) is 16.7 Å². The molecular weight excluding hydrogens is 286 g/mol. The lowest BCUT2D eigenvalue weighted by atomic mass is 10.2. The lowest BCUT2D eigenvalue weighted by molar-refractivity contribution is 0.0702. The van der Waals surface area contributed by atoms with E-state index in [0.29, 0.717) is 15.6 Å². The summed E-state index contributed by atoms with van der Waals surface area (Å²) < 4.78 is 0. The molecule has 19 heavy (non-hydrogen) atoms. The molecule has 1 amide bonds. The number of anilines is 1. The van der Waals surface area contributed by atoms with Gasteiger partial charge in [-0.15, -0.1) is 11.3 Å². The quantitative estimate of drug-likeness (QED) is 0.908. The number of amides is 1. The third-order valence-corrected chi connectivity index (χ3v) is 3.81. The molecular formula is C13H10ClNO3S. The van der Waals surface area contributed by atoms with Crippen molar-refractivity contribution >= 4 is 40.5 Å². The summed E-state index contributed by atoms with van der Waals surface area (Å²) in [5.41, 5.74) is 1.48. The third-order valence-electron chi connectivity index (χ3n) is 2.41. The summed E-state index contributed by atoms with van der Waals surface area (Å²) in [7, 11) is 0. The van der Waals surface area contributed by atoms with Crippen LogP contribution >= 0.6 is 22.9 Å². The zero-order chi connectivity index (χ0) is 14.0. The van der Waals surface area contributed by atoms with Gasteiger partial charge in [0.15, 0.2) is 0 Å². The molecule has 2 aromatic rings. The van der Waals surface area contributed by atoms with Crippen LogP contribution in [0.1, 0.15) is 24.9 Å². The zero-order valence-corrected chi connectivity index (χ0v) is 11.5. The molecule has 1 aromatic heterocycles. The average Bonchev–Trinajstić information content (AvgIpc) is 2.83. The Morgan fingerprint density at radius 1 is 1.21 bits per heavy atom. The van der Waals surface area contributed by atoms with E-state index >= 15 is 0 Å². The monoisotopic (exact) mass is 295 g/mol. The van der Waals surface area contributed by atoms with Crippen molar-refractivity contribution in [3.63, 3.8) is 0 Å². The summed E-state index contributed by atoms with van der Waals surface area (Å²) in [5, 5.41) is 11.9. The van der Waals surface area contributed by atoms with Crippen molar-refractivity contribution in [3.8, 4) is 0 Å². The second kappa shape index (κ2) is 5.42. The van der Waals surface area contributed by atoms with Crippen molar-refractivity contribution in [3.05, 3.63) is 50.7 Å². The van der Waals surface area contributed by atoms with Gasteiger partial charge in [0.2, 0.25) is 0 Å². The Balaban J connectivity index is 2.20. The number of carboxylic acids is 1. The summed E-state index contributed by atoms with van der Waals surface area (Å²) in [6.07, 6.45) is 0. The van der Waals surface area contributed by atoms with Crippen LogP contribution in [0.5, 0.6) is 0 Å². The molecule has 0 unspecified atom stereocenters. The van der Waals surface area contributed by atoms with Gasteiger partial charge in [-0.1, -0.05) is 17.7 Å². The molecule has 0 aliphatic heterocycles. The smallest absolute Gasteiger partial charge is 0.345 e. The molecule has 1 aromatic carbocycles. The van der Waals surface area contributed by atoms with E-state index in [1.165, 1.54) is 12.1 Å². The first-order valence-electron chi connectivity index (χ1n) is 5.38. The van der Waals surface area contributed by atoms with Crippen molar-refractivity contribution < 1.29 is 14.7 Å². The second-order valence-corrected chi connectivity index (χ2v) is 5.40. The standard InChI is InChI=1S/C13H10ClNO3S/c1-7-2-3-8(14)9(6-7)15-12(16)10-4-5-11(19-10)13(17)18/h2-6H,1H3,(H,15,16)(H,17,18). The number of thiophene rings is 1. The lowest BCUT2D eigenvalue weighted by Gasteiger charge is -2.06. The predicted molar refractivity (Wildman–Crippen MR) is 75.4 cm³/mol. The Labute approximate surface area is 118 Å². The number of carbonyl (C=O) groups is 2. The topological polar surface area (TPSA) is 66.4 Å². The fourth-order valence-corrected chi connectivity index (χ4v) is 2.40. The second-order valence-electron chi connectivity index (χ2n) is 3.91. The van der Waals surface area contributed by atoms with Crippen LogP contribution in [-0.2, 0) is 0 Å². The first-order valence-corrected chi connectivity index (χ1v) is 6.57. The Morgan fingerprint density at radius 3 is 2.53 bits per heavy atom. The minimum atomic E-state index is -1.04. The molecule has 6 heteroatoms. The zero-order valence-electron chi connectivity index (χ0n) is 9.94. The van der Waals surface area contributed by atoms with E-state index < -0.39 is 5.97 Å². The molecule has 0 saturated carbocycles. The fourth-order valence-electron chi connectivity index (χ4n) is 1.49. The molecule has 4 nitrogen and oxygen atoms in total. The highest BCUT2D eigenvalue weighted by molar-refractivity contribution is 7.16. The number of carbonyl (C=O) groups excluding carboxylic acids is 1. The van der Waals surface area contributed by atoms with Gasteiger partial charge in [-0.05, 0) is 36.8 Å². The fraction of sp³-hybridized carbons (Fsp3) is 0.0769. The van der Waals surface area contributed by atoms with Gasteiger partial charge in [0.05, 0.1) is 15.6 Å². The van der Waals surface area contributed by atoms with Crippen LogP contribution in [0.4, 0.5) is 5.69 Å². The van der Waals surface area contributed by atoms with Gasteiger partial charge in [-0.3, -0.25) is 4.79 Å². The first kappa shape index (κ1) is 13.6. The molecule has 2 rings (SSSR count). The summed E-state index contributed by atoms with van der Waals surface area (Å²) in [6.45, 7) is 1.89. The number of nitrogens with one attached hydrogen (secondary N) is 1. The maximum atomic E-state index is 12.0. The third kappa shape index (κ3) is 3.13. The molecule has 2 N–H and O–H groups in total. The molecule has 0 aliphatic rings. The van der Waals surface area contributed by atoms with Crippen molar-refractivity contribution in [2.75, 3.05) is 5.32 Å². The summed E-state index contributed by atoms with van der Waals surface area (Å²) in [6, 6.07) is 8.17. The van der Waals surface area contributed by atoms with Crippen molar-refractivity contribution in [1.29, 1.82) is 0 Å². The van der Waals surface area contributed by atoms with Crippen LogP contribution in [0.25, 0.3) is 0 Å². The molecule has 0 atom stereocenters. The normalized spacial score (nSPS) is 10.2. The number of benzene rings is 1. The predicted octanol–water partition coefficient (Wildman–Crippen LogP) is 3.66. The molecule has 0 aliphatic carbocycles. The van der Waals surface area contributed by atoms with E-state index in [0.717, 1.165) is 16.9 Å². The van der Waals surface area contributed by atoms with E-state index in [-0.39, 0.29) is 10.8 Å². The maximum absolute atomic E-state index is 12.0. The number of hydrogen-bond donors (Lipinski definition) is 2. The minimum absolute atomic E-state index is 0.125. The van der Waals surface area contributed by atoms with Crippen LogP contribution in [0.2, 0.25) is 5.02 Å². The van der Waals surface area contributed by atoms with Crippen LogP contribution in [0.15, 0.2) is 30.3 Å². The SMILES string of the molecule is Cc1ccc(Cl)c(NC(=O)c2ccc(C(=O)O)s2)c1. The van der Waals surface area contributed by atoms with Crippen LogP contribution < -0.4 is 5.32 Å². The van der Waals surface area contributed by atoms with E-state index in [1.54, 1.807) is 12.1 Å². The number of carboxylic acid groups (broad SMARTS) is 1. The minimum Gasteiger partial charge on any atom is -0.477 e. The first-order chi connectivity index (χ1) is 8.97. The largest absolute Gasteiger partial charge is 0.477 e. The van der Waals surface area contributed by atoms with Crippen molar-refractivity contribution in [2.45, 2.75) is 6.92 Å². The van der Waals surface area contributed by atoms with Crippen LogP contribution in [0.3, 0.4) is 0 Å². The Kier molecular flexibility index (Phi) is 3.87. The molecule has 0 saturated heterocycles. The van der Waals surface area contributed by atoms with Gasteiger partial charge in [0, 0.05) is 0 Å². The highest BCUT2D eigenvalue weighted by Crippen LogP contribution is 2.24. The number of aromatic carboxylic acids is 1. The van der Waals surface area contributed by atoms with E-state index in [9.17, 15) is 9.59 Å². The van der Waals surface area contributed by atoms with Crippen molar-refractivity contribution in [1.82, 2.24) is 0 Å². The van der Waals surface area contributed by atoms with Gasteiger partial charge in [0.25, 0.3) is 5.91 Å². The highest BCUT2D eigenvalue weighted by atomic mass is 35.5. The van der Waals surface area contributed by atoms with E-state index in [1.807, 2.05) is 13.0 Å². The van der Waals surface area contributed by atoms with Gasteiger partial charge in [0.1, 0.15) is 4.88 Å². The summed E-state index contributed by atoms with van der Waals surface area (Å²) in [5.74, 6) is -1.41. The van der Waals surface area contributed by atoms with Gasteiger partial charge in [-0.25, -0.2) is 4.79 Å². The van der Waals surface area contributed by atoms with Gasteiger partial charge in [-0.2, -0.15) is 0 Å². The summed E-state index contributed by atoms with van der Waals surface area (Å²) in [4.78, 5) is 23.2. The van der Waals surface area contributed by atoms with Gasteiger partial charge < -0.3 is 10.4 Å². The summed E-state index contributed by atoms with van der Waals surface area (Å²) >= 11 is 6.90. The maximum Gasteiger partial charge on any atom is 0.345 e. The molecule has 0 fully saturated rings. The number of aryl methyl sites for hydroxylation is 1. The Hall–Kier alpha value is -1.85. The van der Waals surface area contributed by atoms with Crippen LogP contribution in [-0.4, -0.2) is 17.0 Å². The van der Waals surface area contributed by atoms with Gasteiger partial charge >= 0.3 is 5.97 Å². The molecule has 1 heterocycles. The molecule has 0 radical (unpaired) electrons. The Bertz CT molecular complexity index is 651. The molecule has 98 valence electrons. The Morgan fingerprint density at radius 2 is 1.89 bits per heavy atom. The van der Waals surface area contributed by atoms with Crippen LogP contribution in [0, 0.1) is 6.92 Å². The number of halogens is 1. The van der Waals surface area contributed by atoms with Crippen molar-refractivity contribution in [2.24, 2.45) is 0 Å². The molecule has 0 bridgehead atoms. The number of rotatable bonds is 3.